The van der Waals surface area contributed by atoms with Gasteiger partial charge in [0.2, 0.25) is 0 Å². The Kier molecular flexibility index (Phi) is 4.37. The first-order valence-corrected chi connectivity index (χ1v) is 10.3. The fraction of sp³-hybridized carbons (Fsp3) is 0.190. The van der Waals surface area contributed by atoms with Crippen LogP contribution in [0.2, 0.25) is 5.02 Å². The van der Waals surface area contributed by atoms with Crippen molar-refractivity contribution < 1.29 is 4.42 Å². The Morgan fingerprint density at radius 2 is 2.04 bits per heavy atom. The van der Waals surface area contributed by atoms with Gasteiger partial charge < -0.3 is 4.42 Å². The molecule has 7 heteroatoms. The number of fused-ring (bicyclic) bond motifs is 3. The van der Waals surface area contributed by atoms with Crippen LogP contribution in [0, 0.1) is 0 Å². The number of benzene rings is 1. The zero-order valence-electron chi connectivity index (χ0n) is 14.9. The van der Waals surface area contributed by atoms with Gasteiger partial charge in [0, 0.05) is 10.4 Å². The van der Waals surface area contributed by atoms with E-state index in [0.29, 0.717) is 16.5 Å². The van der Waals surface area contributed by atoms with Gasteiger partial charge in [0.15, 0.2) is 0 Å². The highest BCUT2D eigenvalue weighted by atomic mass is 35.5. The summed E-state index contributed by atoms with van der Waals surface area (Å²) in [6.45, 7) is 0. The Hall–Kier alpha value is -2.70. The molecule has 0 bridgehead atoms. The van der Waals surface area contributed by atoms with Gasteiger partial charge in [-0.25, -0.2) is 4.98 Å². The molecule has 0 saturated carbocycles. The third-order valence-corrected chi connectivity index (χ3v) is 6.46. The number of rotatable bonds is 3. The van der Waals surface area contributed by atoms with Crippen molar-refractivity contribution in [2.75, 3.05) is 0 Å². The zero-order chi connectivity index (χ0) is 19.1. The molecule has 1 aromatic carbocycles. The minimum Gasteiger partial charge on any atom is -0.455 e. The summed E-state index contributed by atoms with van der Waals surface area (Å²) in [5.41, 5.74) is 1.85. The smallest absolute Gasteiger partial charge is 0.282 e. The predicted molar refractivity (Wildman–Crippen MR) is 113 cm³/mol. The predicted octanol–water partition coefficient (Wildman–Crippen LogP) is 5.13. The Balaban J connectivity index is 1.49. The second-order valence-electron chi connectivity index (χ2n) is 6.71. The first-order chi connectivity index (χ1) is 13.7. The average molecular weight is 410 g/mol. The maximum atomic E-state index is 12.9. The van der Waals surface area contributed by atoms with Gasteiger partial charge >= 0.3 is 0 Å². The Bertz CT molecular complexity index is 1270. The number of aryl methyl sites for hydroxylation is 2. The highest BCUT2D eigenvalue weighted by Crippen LogP contribution is 2.33. The number of aromatic nitrogens is 2. The molecule has 0 amide bonds. The van der Waals surface area contributed by atoms with Crippen molar-refractivity contribution >= 4 is 39.4 Å². The first-order valence-electron chi connectivity index (χ1n) is 9.12. The minimum absolute atomic E-state index is 0.126. The summed E-state index contributed by atoms with van der Waals surface area (Å²) in [7, 11) is 0. The van der Waals surface area contributed by atoms with E-state index in [2.05, 4.69) is 10.1 Å². The fourth-order valence-corrected chi connectivity index (χ4v) is 5.01. The second kappa shape index (κ2) is 7.04. The van der Waals surface area contributed by atoms with Crippen LogP contribution < -0.4 is 5.56 Å². The summed E-state index contributed by atoms with van der Waals surface area (Å²) < 4.78 is 7.09. The highest BCUT2D eigenvalue weighted by Gasteiger charge is 2.19. The van der Waals surface area contributed by atoms with E-state index >= 15 is 0 Å². The van der Waals surface area contributed by atoms with Crippen LogP contribution in [0.5, 0.6) is 0 Å². The van der Waals surface area contributed by atoms with Gasteiger partial charge in [-0.3, -0.25) is 4.79 Å². The second-order valence-corrected chi connectivity index (χ2v) is 8.20. The van der Waals surface area contributed by atoms with Gasteiger partial charge in [-0.1, -0.05) is 23.7 Å². The SMILES string of the molecule is O=c1c2c3c(sc2ncn1/N=C\c1ccc(-c2ccccc2Cl)o1)CCCC3. The standard InChI is InChI=1S/C21H16ClN3O2S/c22-16-7-3-1-5-14(16)17-10-9-13(27-17)11-24-25-12-23-20-19(21(25)26)15-6-2-4-8-18(15)28-20/h1,3,5,7,9-12H,2,4,6,8H2/b24-11-. The average Bonchev–Trinajstić information content (AvgIpc) is 3.32. The number of hydrogen-bond donors (Lipinski definition) is 0. The third kappa shape index (κ3) is 2.99. The van der Waals surface area contributed by atoms with Crippen LogP contribution in [0.15, 0.2) is 57.0 Å². The van der Waals surface area contributed by atoms with Crippen LogP contribution in [-0.4, -0.2) is 15.9 Å². The Morgan fingerprint density at radius 3 is 2.93 bits per heavy atom. The number of furan rings is 1. The number of halogens is 1. The van der Waals surface area contributed by atoms with Gasteiger partial charge in [-0.15, -0.1) is 11.3 Å². The van der Waals surface area contributed by atoms with E-state index in [0.717, 1.165) is 40.6 Å². The van der Waals surface area contributed by atoms with E-state index in [1.54, 1.807) is 17.4 Å². The molecule has 4 aromatic rings. The Morgan fingerprint density at radius 1 is 1.18 bits per heavy atom. The Labute approximate surface area is 169 Å². The lowest BCUT2D eigenvalue weighted by atomic mass is 9.97. The molecular weight excluding hydrogens is 394 g/mol. The van der Waals surface area contributed by atoms with Crippen molar-refractivity contribution in [2.24, 2.45) is 5.10 Å². The van der Waals surface area contributed by atoms with Crippen molar-refractivity contribution in [1.29, 1.82) is 0 Å². The van der Waals surface area contributed by atoms with Crippen molar-refractivity contribution in [1.82, 2.24) is 9.66 Å². The van der Waals surface area contributed by atoms with Crippen molar-refractivity contribution in [3.05, 3.63) is 74.3 Å². The van der Waals surface area contributed by atoms with Crippen molar-refractivity contribution in [3.63, 3.8) is 0 Å². The molecule has 0 aliphatic heterocycles. The lowest BCUT2D eigenvalue weighted by molar-refractivity contribution is 0.574. The van der Waals surface area contributed by atoms with E-state index in [-0.39, 0.29) is 5.56 Å². The maximum absolute atomic E-state index is 12.9. The molecule has 0 unspecified atom stereocenters. The molecule has 5 nitrogen and oxygen atoms in total. The molecule has 0 atom stereocenters. The summed E-state index contributed by atoms with van der Waals surface area (Å²) in [5, 5.41) is 5.62. The molecular formula is C21H16ClN3O2S. The van der Waals surface area contributed by atoms with Crippen LogP contribution in [0.1, 0.15) is 29.0 Å². The van der Waals surface area contributed by atoms with Crippen molar-refractivity contribution in [3.8, 4) is 11.3 Å². The van der Waals surface area contributed by atoms with E-state index < -0.39 is 0 Å². The van der Waals surface area contributed by atoms with E-state index in [9.17, 15) is 4.79 Å². The number of thiophene rings is 1. The molecule has 28 heavy (non-hydrogen) atoms. The van der Waals surface area contributed by atoms with Crippen LogP contribution in [0.4, 0.5) is 0 Å². The minimum atomic E-state index is -0.126. The van der Waals surface area contributed by atoms with Gasteiger partial charge in [-0.2, -0.15) is 9.78 Å². The molecule has 1 aliphatic rings. The van der Waals surface area contributed by atoms with E-state index in [4.69, 9.17) is 16.0 Å². The van der Waals surface area contributed by atoms with E-state index in [1.165, 1.54) is 28.5 Å². The molecule has 0 spiro atoms. The molecule has 0 N–H and O–H groups in total. The maximum Gasteiger partial charge on any atom is 0.282 e. The topological polar surface area (TPSA) is 60.4 Å². The van der Waals surface area contributed by atoms with Gasteiger partial charge in [0.1, 0.15) is 22.7 Å². The summed E-state index contributed by atoms with van der Waals surface area (Å²) in [5.74, 6) is 1.19. The van der Waals surface area contributed by atoms with Crippen LogP contribution in [0.3, 0.4) is 0 Å². The van der Waals surface area contributed by atoms with Gasteiger partial charge in [-0.05, 0) is 55.5 Å². The molecule has 5 rings (SSSR count). The normalized spacial score (nSPS) is 14.0. The molecule has 0 radical (unpaired) electrons. The summed E-state index contributed by atoms with van der Waals surface area (Å²) >= 11 is 7.85. The zero-order valence-corrected chi connectivity index (χ0v) is 16.5. The highest BCUT2D eigenvalue weighted by molar-refractivity contribution is 7.18. The lowest BCUT2D eigenvalue weighted by Crippen LogP contribution is -2.17. The number of hydrogen-bond acceptors (Lipinski definition) is 5. The van der Waals surface area contributed by atoms with Crippen LogP contribution in [0.25, 0.3) is 21.5 Å². The molecule has 3 aromatic heterocycles. The van der Waals surface area contributed by atoms with E-state index in [1.807, 2.05) is 30.3 Å². The molecule has 140 valence electrons. The largest absolute Gasteiger partial charge is 0.455 e. The molecule has 1 aliphatic carbocycles. The van der Waals surface area contributed by atoms with Crippen molar-refractivity contribution in [2.45, 2.75) is 25.7 Å². The van der Waals surface area contributed by atoms with Crippen LogP contribution in [-0.2, 0) is 12.8 Å². The van der Waals surface area contributed by atoms with Crippen LogP contribution >= 0.6 is 22.9 Å². The quantitative estimate of drug-likeness (QED) is 0.440. The van der Waals surface area contributed by atoms with Gasteiger partial charge in [0.05, 0.1) is 16.6 Å². The third-order valence-electron chi connectivity index (χ3n) is 4.93. The summed E-state index contributed by atoms with van der Waals surface area (Å²) in [4.78, 5) is 19.5. The number of nitrogens with zero attached hydrogens (tertiary/aromatic N) is 3. The first kappa shape index (κ1) is 17.4. The monoisotopic (exact) mass is 409 g/mol. The summed E-state index contributed by atoms with van der Waals surface area (Å²) in [6, 6.07) is 11.1. The fourth-order valence-electron chi connectivity index (χ4n) is 3.57. The summed E-state index contributed by atoms with van der Waals surface area (Å²) in [6.07, 6.45) is 7.27. The lowest BCUT2D eigenvalue weighted by Gasteiger charge is -2.09. The molecule has 0 saturated heterocycles. The molecule has 0 fully saturated rings. The van der Waals surface area contributed by atoms with Gasteiger partial charge in [0.25, 0.3) is 5.56 Å². The molecule has 3 heterocycles.